The molecule has 7 rings (SSSR count). The third kappa shape index (κ3) is 4.98. The summed E-state index contributed by atoms with van der Waals surface area (Å²) >= 11 is 0. The van der Waals surface area contributed by atoms with Crippen LogP contribution < -0.4 is 35.7 Å². The first-order valence-electron chi connectivity index (χ1n) is 14.3. The summed E-state index contributed by atoms with van der Waals surface area (Å²) in [4.78, 5) is 33.0. The number of rotatable bonds is 11. The lowest BCUT2D eigenvalue weighted by Crippen LogP contribution is -2.56. The van der Waals surface area contributed by atoms with Gasteiger partial charge in [-0.3, -0.25) is 19.5 Å². The van der Waals surface area contributed by atoms with E-state index in [0.717, 1.165) is 53.7 Å². The van der Waals surface area contributed by atoms with Gasteiger partial charge >= 0.3 is 0 Å². The molecule has 9 nitrogen and oxygen atoms in total. The number of piperidine rings is 3. The zero-order chi connectivity index (χ0) is 29.4. The summed E-state index contributed by atoms with van der Waals surface area (Å²) in [7, 11) is 4.83. The maximum atomic E-state index is 13.0. The molecular weight excluding hydrogens is 532 g/mol. The number of ether oxygens (including phenoxy) is 3. The van der Waals surface area contributed by atoms with E-state index in [4.69, 9.17) is 14.2 Å². The minimum absolute atomic E-state index is 0.122. The molecule has 3 fully saturated rings. The van der Waals surface area contributed by atoms with Crippen molar-refractivity contribution in [2.75, 3.05) is 45.1 Å². The molecule has 0 radical (unpaired) electrons. The second-order valence-corrected chi connectivity index (χ2v) is 11.1. The van der Waals surface area contributed by atoms with Crippen molar-refractivity contribution < 1.29 is 14.2 Å². The lowest BCUT2D eigenvalue weighted by molar-refractivity contribution is 0.0105. The van der Waals surface area contributed by atoms with Gasteiger partial charge in [-0.15, -0.1) is 6.58 Å². The van der Waals surface area contributed by atoms with Crippen molar-refractivity contribution in [3.8, 4) is 17.2 Å². The predicted octanol–water partition coefficient (Wildman–Crippen LogP) is 4.52. The lowest BCUT2D eigenvalue weighted by atomic mass is 9.73. The van der Waals surface area contributed by atoms with Crippen molar-refractivity contribution in [2.24, 2.45) is 11.8 Å². The van der Waals surface area contributed by atoms with E-state index in [1.807, 2.05) is 36.4 Å². The molecule has 0 spiro atoms. The van der Waals surface area contributed by atoms with Gasteiger partial charge in [0.05, 0.1) is 32.9 Å². The molecule has 4 heterocycles. The molecule has 9 heteroatoms. The average molecular weight is 569 g/mol. The van der Waals surface area contributed by atoms with Crippen molar-refractivity contribution in [1.82, 2.24) is 9.88 Å². The van der Waals surface area contributed by atoms with Gasteiger partial charge < -0.3 is 24.8 Å². The Morgan fingerprint density at radius 1 is 1.00 bits per heavy atom. The summed E-state index contributed by atoms with van der Waals surface area (Å²) in [5.74, 6) is 3.01. The molecule has 3 unspecified atom stereocenters. The fourth-order valence-electron chi connectivity index (χ4n) is 6.66. The van der Waals surface area contributed by atoms with Gasteiger partial charge in [0, 0.05) is 36.8 Å². The van der Waals surface area contributed by atoms with E-state index < -0.39 is 10.9 Å². The summed E-state index contributed by atoms with van der Waals surface area (Å²) in [5, 5.41) is 7.72. The molecule has 5 atom stereocenters. The molecule has 0 aliphatic carbocycles. The molecule has 4 aromatic rings. The molecule has 1 aromatic heterocycles. The quantitative estimate of drug-likeness (QED) is 0.200. The molecule has 2 N–H and O–H groups in total. The minimum Gasteiger partial charge on any atom is -0.497 e. The molecule has 3 aliphatic heterocycles. The van der Waals surface area contributed by atoms with Crippen molar-refractivity contribution in [2.45, 2.75) is 31.5 Å². The first-order chi connectivity index (χ1) is 20.4. The molecule has 0 amide bonds. The highest BCUT2D eigenvalue weighted by Gasteiger charge is 2.43. The SMILES string of the molecule is C=CC1CN2CCC1C[C@@H]2[C@@H](Nc1c(NCc2cc(OC)cc(OC)c2)c(=O)c1=O)c1ccnc2ccc(OC)cc12. The molecule has 42 heavy (non-hydrogen) atoms. The Balaban J connectivity index is 1.36. The van der Waals surface area contributed by atoms with Crippen LogP contribution in [-0.4, -0.2) is 50.3 Å². The lowest BCUT2D eigenvalue weighted by Gasteiger charge is -2.52. The number of hydrogen-bond acceptors (Lipinski definition) is 9. The van der Waals surface area contributed by atoms with E-state index in [0.29, 0.717) is 41.3 Å². The third-order valence-electron chi connectivity index (χ3n) is 8.95. The minimum atomic E-state index is -0.524. The number of fused-ring (bicyclic) bond motifs is 4. The zero-order valence-electron chi connectivity index (χ0n) is 24.2. The van der Waals surface area contributed by atoms with Crippen molar-refractivity contribution in [1.29, 1.82) is 0 Å². The first kappa shape index (κ1) is 27.8. The van der Waals surface area contributed by atoms with Crippen LogP contribution in [0, 0.1) is 11.8 Å². The van der Waals surface area contributed by atoms with Crippen LogP contribution in [0.15, 0.2) is 70.9 Å². The van der Waals surface area contributed by atoms with Crippen LogP contribution in [0.2, 0.25) is 0 Å². The summed E-state index contributed by atoms with van der Waals surface area (Å²) in [6, 6.07) is 13.2. The van der Waals surface area contributed by atoms with Crippen LogP contribution in [-0.2, 0) is 6.54 Å². The van der Waals surface area contributed by atoms with E-state index in [9.17, 15) is 9.59 Å². The van der Waals surface area contributed by atoms with Crippen LogP contribution >= 0.6 is 0 Å². The van der Waals surface area contributed by atoms with Gasteiger partial charge in [0.1, 0.15) is 28.6 Å². The summed E-state index contributed by atoms with van der Waals surface area (Å²) in [5.41, 5.74) is 2.29. The largest absolute Gasteiger partial charge is 0.497 e. The Morgan fingerprint density at radius 3 is 2.40 bits per heavy atom. The Kier molecular flexibility index (Phi) is 7.60. The van der Waals surface area contributed by atoms with Gasteiger partial charge in [-0.2, -0.15) is 0 Å². The second kappa shape index (κ2) is 11.5. The standard InChI is InChI=1S/C33H36N4O5/c1-5-20-18-37-11-9-21(20)14-28(37)29(25-8-10-34-27-7-6-22(40-2)16-26(25)27)36-31-30(32(38)33(31)39)35-17-19-12-23(41-3)15-24(13-19)42-4/h5-8,10,12-13,15-16,20-21,28-29,35-36H,1,9,11,14,17-18H2,2-4H3/t20?,21?,28-,29+/m1/s1. The van der Waals surface area contributed by atoms with E-state index in [2.05, 4.69) is 33.2 Å². The molecule has 3 aromatic carbocycles. The number of aromatic nitrogens is 1. The van der Waals surface area contributed by atoms with Crippen LogP contribution in [0.5, 0.6) is 17.2 Å². The molecule has 3 aliphatic rings. The van der Waals surface area contributed by atoms with Gasteiger partial charge in [0.15, 0.2) is 0 Å². The zero-order valence-corrected chi connectivity index (χ0v) is 24.2. The highest BCUT2D eigenvalue weighted by Crippen LogP contribution is 2.43. The number of anilines is 2. The van der Waals surface area contributed by atoms with E-state index in [1.165, 1.54) is 0 Å². The third-order valence-corrected chi connectivity index (χ3v) is 8.95. The van der Waals surface area contributed by atoms with Crippen molar-refractivity contribution >= 4 is 22.3 Å². The van der Waals surface area contributed by atoms with Crippen LogP contribution in [0.25, 0.3) is 10.9 Å². The van der Waals surface area contributed by atoms with Gasteiger partial charge in [-0.05, 0) is 78.7 Å². The highest BCUT2D eigenvalue weighted by molar-refractivity contribution is 5.85. The normalized spacial score (nSPS) is 22.1. The van der Waals surface area contributed by atoms with E-state index in [1.54, 1.807) is 33.6 Å². The van der Waals surface area contributed by atoms with Crippen LogP contribution in [0.3, 0.4) is 0 Å². The monoisotopic (exact) mass is 568 g/mol. The van der Waals surface area contributed by atoms with Crippen molar-refractivity contribution in [3.05, 3.63) is 92.9 Å². The topological polar surface area (TPSA) is 102 Å². The Bertz CT molecular complexity index is 1670. The number of nitrogens with one attached hydrogen (secondary N) is 2. The Morgan fingerprint density at radius 2 is 1.74 bits per heavy atom. The maximum absolute atomic E-state index is 13.0. The molecule has 218 valence electrons. The van der Waals surface area contributed by atoms with Crippen LogP contribution in [0.4, 0.5) is 11.4 Å². The van der Waals surface area contributed by atoms with Gasteiger partial charge in [-0.1, -0.05) is 6.08 Å². The van der Waals surface area contributed by atoms with E-state index >= 15 is 0 Å². The van der Waals surface area contributed by atoms with Gasteiger partial charge in [-0.25, -0.2) is 0 Å². The number of methoxy groups -OCH3 is 3. The average Bonchev–Trinajstić information content (AvgIpc) is 3.05. The molecule has 2 bridgehead atoms. The summed E-state index contributed by atoms with van der Waals surface area (Å²) in [6.07, 6.45) is 5.97. The number of nitrogens with zero attached hydrogens (tertiary/aromatic N) is 2. The number of hydrogen-bond donors (Lipinski definition) is 2. The second-order valence-electron chi connectivity index (χ2n) is 11.1. The molecule has 0 saturated carbocycles. The summed E-state index contributed by atoms with van der Waals surface area (Å²) < 4.78 is 16.3. The smallest absolute Gasteiger partial charge is 0.253 e. The van der Waals surface area contributed by atoms with Crippen LogP contribution in [0.1, 0.15) is 30.0 Å². The maximum Gasteiger partial charge on any atom is 0.253 e. The number of pyridine rings is 1. The highest BCUT2D eigenvalue weighted by atomic mass is 16.5. The number of benzene rings is 2. The fourth-order valence-corrected chi connectivity index (χ4v) is 6.66. The van der Waals surface area contributed by atoms with Gasteiger partial charge in [0.25, 0.3) is 10.9 Å². The van der Waals surface area contributed by atoms with Crippen molar-refractivity contribution in [3.63, 3.8) is 0 Å². The fraction of sp³-hybridized carbons (Fsp3) is 0.364. The Hall–Kier alpha value is -4.37. The predicted molar refractivity (Wildman–Crippen MR) is 165 cm³/mol. The Labute approximate surface area is 244 Å². The van der Waals surface area contributed by atoms with E-state index in [-0.39, 0.29) is 12.1 Å². The summed E-state index contributed by atoms with van der Waals surface area (Å²) in [6.45, 7) is 6.32. The molecule has 3 saturated heterocycles. The van der Waals surface area contributed by atoms with Gasteiger partial charge in [0.2, 0.25) is 0 Å². The first-order valence-corrected chi connectivity index (χ1v) is 14.3. The molecular formula is C33H36N4O5.